The molecule has 0 bridgehead atoms. The van der Waals surface area contributed by atoms with Gasteiger partial charge >= 0.3 is 6.03 Å². The van der Waals surface area contributed by atoms with Crippen LogP contribution in [0.15, 0.2) is 0 Å². The first-order valence-corrected chi connectivity index (χ1v) is 7.80. The quantitative estimate of drug-likeness (QED) is 0.686. The minimum Gasteiger partial charge on any atom is -0.337 e. The highest BCUT2D eigenvalue weighted by Gasteiger charge is 2.45. The van der Waals surface area contributed by atoms with Gasteiger partial charge in [-0.05, 0) is 31.2 Å². The van der Waals surface area contributed by atoms with E-state index in [0.29, 0.717) is 38.0 Å². The third kappa shape index (κ3) is 1.81. The van der Waals surface area contributed by atoms with Gasteiger partial charge in [-0.2, -0.15) is 0 Å². The first-order valence-electron chi connectivity index (χ1n) is 7.80. The summed E-state index contributed by atoms with van der Waals surface area (Å²) in [5.74, 6) is 1.52. The fourth-order valence-corrected chi connectivity index (χ4v) is 4.46. The average molecular weight is 278 g/mol. The van der Waals surface area contributed by atoms with E-state index in [-0.39, 0.29) is 24.0 Å². The molecule has 0 radical (unpaired) electrons. The van der Waals surface area contributed by atoms with Crippen molar-refractivity contribution >= 4 is 11.9 Å². The lowest BCUT2D eigenvalue weighted by atomic mass is 9.93. The van der Waals surface area contributed by atoms with Crippen LogP contribution in [0.4, 0.5) is 4.79 Å². The molecule has 3 amide bonds. The van der Waals surface area contributed by atoms with Crippen molar-refractivity contribution in [3.8, 4) is 0 Å². The molecule has 2 N–H and O–H groups in total. The molecule has 0 spiro atoms. The summed E-state index contributed by atoms with van der Waals surface area (Å²) in [5, 5.41) is 6.30. The van der Waals surface area contributed by atoms with Crippen LogP contribution in [0.25, 0.3) is 0 Å². The Morgan fingerprint density at radius 3 is 3.00 bits per heavy atom. The summed E-state index contributed by atoms with van der Waals surface area (Å²) in [7, 11) is 0. The zero-order chi connectivity index (χ0) is 13.7. The van der Waals surface area contributed by atoms with Gasteiger partial charge in [0.15, 0.2) is 0 Å². The Morgan fingerprint density at radius 2 is 2.10 bits per heavy atom. The molecule has 1 saturated carbocycles. The summed E-state index contributed by atoms with van der Waals surface area (Å²) in [4.78, 5) is 28.2. The van der Waals surface area contributed by atoms with Crippen LogP contribution in [0.5, 0.6) is 0 Å². The van der Waals surface area contributed by atoms with Crippen molar-refractivity contribution in [2.45, 2.75) is 31.3 Å². The van der Waals surface area contributed by atoms with Gasteiger partial charge in [0.1, 0.15) is 0 Å². The molecule has 4 atom stereocenters. The molecule has 4 aliphatic rings. The summed E-state index contributed by atoms with van der Waals surface area (Å²) < 4.78 is 0. The first-order chi connectivity index (χ1) is 9.74. The molecule has 20 heavy (non-hydrogen) atoms. The molecule has 3 aliphatic heterocycles. The largest absolute Gasteiger partial charge is 0.337 e. The van der Waals surface area contributed by atoms with Gasteiger partial charge in [-0.25, -0.2) is 4.79 Å². The normalized spacial score (nSPS) is 39.7. The van der Waals surface area contributed by atoms with Gasteiger partial charge in [0.25, 0.3) is 0 Å². The summed E-state index contributed by atoms with van der Waals surface area (Å²) in [6.07, 6.45) is 3.74. The van der Waals surface area contributed by atoms with E-state index in [2.05, 4.69) is 10.6 Å². The Labute approximate surface area is 118 Å². The van der Waals surface area contributed by atoms with Crippen LogP contribution in [0, 0.1) is 11.8 Å². The summed E-state index contributed by atoms with van der Waals surface area (Å²) in [5.41, 5.74) is 0. The number of amides is 3. The number of hydrogen-bond acceptors (Lipinski definition) is 3. The second-order valence-corrected chi connectivity index (χ2v) is 6.56. The number of rotatable bonds is 1. The van der Waals surface area contributed by atoms with Crippen LogP contribution in [0.2, 0.25) is 0 Å². The van der Waals surface area contributed by atoms with Crippen LogP contribution in [0.1, 0.15) is 19.3 Å². The number of nitrogens with one attached hydrogen (secondary N) is 2. The topological polar surface area (TPSA) is 64.7 Å². The maximum absolute atomic E-state index is 12.8. The van der Waals surface area contributed by atoms with Gasteiger partial charge in [-0.3, -0.25) is 4.79 Å². The van der Waals surface area contributed by atoms with Gasteiger partial charge in [-0.15, -0.1) is 0 Å². The molecule has 110 valence electrons. The van der Waals surface area contributed by atoms with Crippen molar-refractivity contribution in [2.75, 3.05) is 32.7 Å². The summed E-state index contributed by atoms with van der Waals surface area (Å²) >= 11 is 0. The second kappa shape index (κ2) is 4.62. The molecule has 0 aromatic carbocycles. The van der Waals surface area contributed by atoms with Crippen molar-refractivity contribution in [3.05, 3.63) is 0 Å². The lowest BCUT2D eigenvalue weighted by Gasteiger charge is -2.38. The molecule has 4 rings (SSSR count). The van der Waals surface area contributed by atoms with Crippen molar-refractivity contribution in [1.82, 2.24) is 20.4 Å². The van der Waals surface area contributed by atoms with Crippen molar-refractivity contribution in [1.29, 1.82) is 0 Å². The highest BCUT2D eigenvalue weighted by molar-refractivity contribution is 5.84. The molecule has 6 heteroatoms. The Bertz CT molecular complexity index is 441. The van der Waals surface area contributed by atoms with Gasteiger partial charge in [0.05, 0.1) is 12.1 Å². The maximum Gasteiger partial charge on any atom is 0.317 e. The van der Waals surface area contributed by atoms with Crippen LogP contribution >= 0.6 is 0 Å². The molecule has 6 nitrogen and oxygen atoms in total. The lowest BCUT2D eigenvalue weighted by Crippen LogP contribution is -2.57. The Morgan fingerprint density at radius 1 is 1.20 bits per heavy atom. The van der Waals surface area contributed by atoms with E-state index in [0.717, 1.165) is 6.54 Å². The van der Waals surface area contributed by atoms with Crippen LogP contribution < -0.4 is 10.6 Å². The Balaban J connectivity index is 1.43. The van der Waals surface area contributed by atoms with E-state index in [9.17, 15) is 9.59 Å². The Hall–Kier alpha value is -1.30. The average Bonchev–Trinajstić information content (AvgIpc) is 3.13. The summed E-state index contributed by atoms with van der Waals surface area (Å²) in [6.45, 7) is 3.71. The number of fused-ring (bicyclic) bond motifs is 2. The van der Waals surface area contributed by atoms with Crippen molar-refractivity contribution in [3.63, 3.8) is 0 Å². The van der Waals surface area contributed by atoms with Gasteiger partial charge in [0.2, 0.25) is 5.91 Å². The molecule has 1 aliphatic carbocycles. The minimum absolute atomic E-state index is 0.0250. The first kappa shape index (κ1) is 12.4. The van der Waals surface area contributed by atoms with E-state index in [1.54, 1.807) is 0 Å². The van der Waals surface area contributed by atoms with Gasteiger partial charge in [-0.1, -0.05) is 6.42 Å². The summed E-state index contributed by atoms with van der Waals surface area (Å²) in [6, 6.07) is 0.219. The smallest absolute Gasteiger partial charge is 0.317 e. The van der Waals surface area contributed by atoms with E-state index in [4.69, 9.17) is 0 Å². The standard InChI is InChI=1S/C14H22N4O2/c19-13(12-11-3-1-2-9(11)6-15-12)17-4-5-18-10(8-17)7-16-14(18)20/h9-12,15H,1-8H2,(H,16,20). The van der Waals surface area contributed by atoms with E-state index in [1.165, 1.54) is 19.3 Å². The SMILES string of the molecule is O=C(C1NCC2CCCC21)N1CCN2C(=O)NCC2C1. The molecule has 4 unspecified atom stereocenters. The third-order valence-electron chi connectivity index (χ3n) is 5.56. The van der Waals surface area contributed by atoms with Crippen LogP contribution in [-0.2, 0) is 4.79 Å². The second-order valence-electron chi connectivity index (χ2n) is 6.56. The monoisotopic (exact) mass is 278 g/mol. The van der Waals surface area contributed by atoms with E-state index < -0.39 is 0 Å². The molecule has 3 saturated heterocycles. The number of carbonyl (C=O) groups is 2. The number of hydrogen-bond donors (Lipinski definition) is 2. The molecule has 0 aromatic rings. The molecule has 4 fully saturated rings. The number of urea groups is 1. The fourth-order valence-electron chi connectivity index (χ4n) is 4.46. The third-order valence-corrected chi connectivity index (χ3v) is 5.56. The van der Waals surface area contributed by atoms with E-state index in [1.807, 2.05) is 9.80 Å². The van der Waals surface area contributed by atoms with Crippen molar-refractivity contribution in [2.24, 2.45) is 11.8 Å². The number of nitrogens with zero attached hydrogens (tertiary/aromatic N) is 2. The van der Waals surface area contributed by atoms with Crippen LogP contribution in [0.3, 0.4) is 0 Å². The minimum atomic E-state index is 0.0250. The van der Waals surface area contributed by atoms with Gasteiger partial charge < -0.3 is 20.4 Å². The highest BCUT2D eigenvalue weighted by Crippen LogP contribution is 2.38. The van der Waals surface area contributed by atoms with Crippen LogP contribution in [-0.4, -0.2) is 66.5 Å². The Kier molecular flexibility index (Phi) is 2.87. The predicted octanol–water partition coefficient (Wildman–Crippen LogP) is -0.389. The van der Waals surface area contributed by atoms with E-state index >= 15 is 0 Å². The number of piperazine rings is 1. The van der Waals surface area contributed by atoms with Crippen molar-refractivity contribution < 1.29 is 9.59 Å². The molecular weight excluding hydrogens is 256 g/mol. The molecular formula is C14H22N4O2. The zero-order valence-corrected chi connectivity index (χ0v) is 11.7. The lowest BCUT2D eigenvalue weighted by molar-refractivity contribution is -0.136. The number of carbonyl (C=O) groups excluding carboxylic acids is 2. The van der Waals surface area contributed by atoms with Gasteiger partial charge in [0, 0.05) is 26.2 Å². The fraction of sp³-hybridized carbons (Fsp3) is 0.857. The maximum atomic E-state index is 12.8. The predicted molar refractivity (Wildman–Crippen MR) is 73.1 cm³/mol. The highest BCUT2D eigenvalue weighted by atomic mass is 16.2. The molecule has 0 aromatic heterocycles. The zero-order valence-electron chi connectivity index (χ0n) is 11.7. The molecule has 3 heterocycles.